The Morgan fingerprint density at radius 1 is 1.19 bits per heavy atom. The largest absolute Gasteiger partial charge is 0.320 e. The van der Waals surface area contributed by atoms with Gasteiger partial charge < -0.3 is 10.6 Å². The van der Waals surface area contributed by atoms with Gasteiger partial charge >= 0.3 is 0 Å². The molecule has 0 spiro atoms. The summed E-state index contributed by atoms with van der Waals surface area (Å²) in [5.74, 6) is -1.93. The minimum Gasteiger partial charge on any atom is -0.320 e. The summed E-state index contributed by atoms with van der Waals surface area (Å²) in [6, 6.07) is 4.53. The molecule has 1 fully saturated rings. The van der Waals surface area contributed by atoms with E-state index in [0.717, 1.165) is 23.4 Å². The highest BCUT2D eigenvalue weighted by Gasteiger charge is 2.44. The molecule has 2 atom stereocenters. The fraction of sp³-hybridized carbons (Fsp3) is 0.474. The van der Waals surface area contributed by atoms with Crippen molar-refractivity contribution in [3.05, 3.63) is 34.9 Å². The summed E-state index contributed by atoms with van der Waals surface area (Å²) >= 11 is 0. The van der Waals surface area contributed by atoms with Crippen LogP contribution in [0.25, 0.3) is 0 Å². The van der Waals surface area contributed by atoms with Crippen LogP contribution < -0.4 is 16.0 Å². The van der Waals surface area contributed by atoms with E-state index in [0.29, 0.717) is 23.7 Å². The highest BCUT2D eigenvalue weighted by atomic mass is 16.2. The van der Waals surface area contributed by atoms with Gasteiger partial charge in [-0.3, -0.25) is 29.4 Å². The van der Waals surface area contributed by atoms with E-state index >= 15 is 0 Å². The number of rotatable bonds is 7. The number of imide groups is 2. The van der Waals surface area contributed by atoms with Crippen molar-refractivity contribution in [2.24, 2.45) is 0 Å². The molecule has 0 aromatic heterocycles. The quantitative estimate of drug-likeness (QED) is 0.589. The van der Waals surface area contributed by atoms with Gasteiger partial charge in [0.15, 0.2) is 0 Å². The fourth-order valence-corrected chi connectivity index (χ4v) is 3.38. The van der Waals surface area contributed by atoms with E-state index in [-0.39, 0.29) is 18.7 Å². The molecular weight excluding hydrogens is 348 g/mol. The van der Waals surface area contributed by atoms with Crippen LogP contribution in [-0.2, 0) is 16.1 Å². The normalized spacial score (nSPS) is 20.7. The van der Waals surface area contributed by atoms with Crippen LogP contribution in [-0.4, -0.2) is 54.2 Å². The van der Waals surface area contributed by atoms with Gasteiger partial charge in [0.2, 0.25) is 11.8 Å². The third-order valence-electron chi connectivity index (χ3n) is 4.99. The first kappa shape index (κ1) is 19.2. The van der Waals surface area contributed by atoms with Crippen LogP contribution in [0.4, 0.5) is 0 Å². The lowest BCUT2D eigenvalue weighted by Crippen LogP contribution is -2.54. The van der Waals surface area contributed by atoms with Crippen LogP contribution in [0.1, 0.15) is 52.5 Å². The molecule has 2 unspecified atom stereocenters. The Bertz CT molecular complexity index is 792. The van der Waals surface area contributed by atoms with Gasteiger partial charge in [-0.25, -0.2) is 0 Å². The fourth-order valence-electron chi connectivity index (χ4n) is 3.38. The number of carbonyl (C=O) groups is 4. The zero-order chi connectivity index (χ0) is 19.6. The second kappa shape index (κ2) is 7.98. The molecule has 0 saturated carbocycles. The Morgan fingerprint density at radius 3 is 2.63 bits per heavy atom. The molecule has 3 rings (SSSR count). The predicted molar refractivity (Wildman–Crippen MR) is 98.0 cm³/mol. The lowest BCUT2D eigenvalue weighted by molar-refractivity contribution is -0.136. The van der Waals surface area contributed by atoms with Crippen molar-refractivity contribution in [3.63, 3.8) is 0 Å². The summed E-state index contributed by atoms with van der Waals surface area (Å²) in [7, 11) is 1.91. The van der Waals surface area contributed by atoms with Crippen LogP contribution in [0, 0.1) is 0 Å². The summed E-state index contributed by atoms with van der Waals surface area (Å²) in [4.78, 5) is 49.8. The average molecular weight is 372 g/mol. The van der Waals surface area contributed by atoms with Crippen molar-refractivity contribution >= 4 is 23.6 Å². The Kier molecular flexibility index (Phi) is 5.67. The van der Waals surface area contributed by atoms with Gasteiger partial charge in [0.25, 0.3) is 11.8 Å². The molecule has 0 aliphatic carbocycles. The van der Waals surface area contributed by atoms with Crippen LogP contribution >= 0.6 is 0 Å². The lowest BCUT2D eigenvalue weighted by Gasteiger charge is -2.27. The van der Waals surface area contributed by atoms with Crippen LogP contribution in [0.15, 0.2) is 18.2 Å². The summed E-state index contributed by atoms with van der Waals surface area (Å²) in [6.45, 7) is 3.58. The third kappa shape index (κ3) is 3.91. The summed E-state index contributed by atoms with van der Waals surface area (Å²) in [5, 5.41) is 8.68. The summed E-state index contributed by atoms with van der Waals surface area (Å²) in [5.41, 5.74) is 1.51. The van der Waals surface area contributed by atoms with Crippen molar-refractivity contribution in [2.75, 3.05) is 13.6 Å². The first-order valence-corrected chi connectivity index (χ1v) is 9.15. The SMILES string of the molecule is CNCCC(C)NCc1ccc2c(c1)C(=O)N(C1CCC(=O)NC1=O)C2=O. The highest BCUT2D eigenvalue weighted by molar-refractivity contribution is 6.23. The van der Waals surface area contributed by atoms with E-state index in [9.17, 15) is 19.2 Å². The zero-order valence-corrected chi connectivity index (χ0v) is 15.5. The van der Waals surface area contributed by atoms with Gasteiger partial charge in [-0.2, -0.15) is 0 Å². The number of nitrogens with one attached hydrogen (secondary N) is 3. The Morgan fingerprint density at radius 2 is 1.93 bits per heavy atom. The maximum absolute atomic E-state index is 12.8. The molecule has 27 heavy (non-hydrogen) atoms. The van der Waals surface area contributed by atoms with Crippen molar-refractivity contribution in [2.45, 2.75) is 44.8 Å². The number of nitrogens with zero attached hydrogens (tertiary/aromatic N) is 1. The van der Waals surface area contributed by atoms with Gasteiger partial charge in [-0.1, -0.05) is 6.07 Å². The molecule has 0 bridgehead atoms. The van der Waals surface area contributed by atoms with E-state index in [2.05, 4.69) is 22.9 Å². The number of fused-ring (bicyclic) bond motifs is 1. The second-order valence-electron chi connectivity index (χ2n) is 7.00. The van der Waals surface area contributed by atoms with E-state index in [1.165, 1.54) is 0 Å². The van der Waals surface area contributed by atoms with E-state index in [4.69, 9.17) is 0 Å². The molecule has 8 heteroatoms. The molecule has 0 radical (unpaired) electrons. The summed E-state index contributed by atoms with van der Waals surface area (Å²) < 4.78 is 0. The maximum atomic E-state index is 12.8. The Hall–Kier alpha value is -2.58. The molecule has 144 valence electrons. The highest BCUT2D eigenvalue weighted by Crippen LogP contribution is 2.28. The first-order chi connectivity index (χ1) is 12.9. The van der Waals surface area contributed by atoms with E-state index < -0.39 is 23.8 Å². The number of hydrogen-bond acceptors (Lipinski definition) is 6. The van der Waals surface area contributed by atoms with E-state index in [1.54, 1.807) is 12.1 Å². The molecule has 4 amide bonds. The topological polar surface area (TPSA) is 108 Å². The minimum atomic E-state index is -0.932. The number of carbonyl (C=O) groups excluding carboxylic acids is 4. The van der Waals surface area contributed by atoms with Crippen LogP contribution in [0.5, 0.6) is 0 Å². The van der Waals surface area contributed by atoms with Crippen LogP contribution in [0.3, 0.4) is 0 Å². The maximum Gasteiger partial charge on any atom is 0.262 e. The van der Waals surface area contributed by atoms with Gasteiger partial charge in [-0.15, -0.1) is 0 Å². The lowest BCUT2D eigenvalue weighted by atomic mass is 10.0. The molecule has 8 nitrogen and oxygen atoms in total. The number of amides is 4. The molecule has 1 aromatic rings. The van der Waals surface area contributed by atoms with Gasteiger partial charge in [-0.05, 0) is 51.1 Å². The monoisotopic (exact) mass is 372 g/mol. The molecule has 2 heterocycles. The van der Waals surface area contributed by atoms with Gasteiger partial charge in [0.1, 0.15) is 6.04 Å². The number of hydrogen-bond donors (Lipinski definition) is 3. The van der Waals surface area contributed by atoms with Gasteiger partial charge in [0.05, 0.1) is 11.1 Å². The third-order valence-corrected chi connectivity index (χ3v) is 4.99. The van der Waals surface area contributed by atoms with Crippen molar-refractivity contribution < 1.29 is 19.2 Å². The van der Waals surface area contributed by atoms with Crippen molar-refractivity contribution in [3.8, 4) is 0 Å². The van der Waals surface area contributed by atoms with Crippen molar-refractivity contribution in [1.29, 1.82) is 0 Å². The molecule has 2 aliphatic heterocycles. The Balaban J connectivity index is 1.73. The Labute approximate surface area is 157 Å². The second-order valence-corrected chi connectivity index (χ2v) is 7.00. The smallest absolute Gasteiger partial charge is 0.262 e. The molecule has 1 aromatic carbocycles. The molecule has 3 N–H and O–H groups in total. The predicted octanol–water partition coefficient (Wildman–Crippen LogP) is 0.175. The number of benzene rings is 1. The standard InChI is InChI=1S/C19H24N4O4/c1-11(7-8-20-2)21-10-12-3-4-13-14(9-12)19(27)23(18(13)26)15-5-6-16(24)22-17(15)25/h3-4,9,11,15,20-21H,5-8,10H2,1-2H3,(H,22,24,25). The molecule has 1 saturated heterocycles. The molecular formula is C19H24N4O4. The van der Waals surface area contributed by atoms with Gasteiger partial charge in [0, 0.05) is 19.0 Å². The molecule has 2 aliphatic rings. The minimum absolute atomic E-state index is 0.115. The van der Waals surface area contributed by atoms with E-state index in [1.807, 2.05) is 13.1 Å². The average Bonchev–Trinajstić information content (AvgIpc) is 2.89. The van der Waals surface area contributed by atoms with Crippen LogP contribution in [0.2, 0.25) is 0 Å². The zero-order valence-electron chi connectivity index (χ0n) is 15.5. The first-order valence-electron chi connectivity index (χ1n) is 9.15. The van der Waals surface area contributed by atoms with Crippen molar-refractivity contribution in [1.82, 2.24) is 20.9 Å². The summed E-state index contributed by atoms with van der Waals surface area (Å²) in [6.07, 6.45) is 1.25. The number of piperidine rings is 1.